The van der Waals surface area contributed by atoms with Crippen molar-refractivity contribution >= 4 is 0 Å². The molecule has 2 nitrogen and oxygen atoms in total. The summed E-state index contributed by atoms with van der Waals surface area (Å²) in [6.45, 7) is 10.9. The first-order valence-corrected chi connectivity index (χ1v) is 7.70. The second-order valence-corrected chi connectivity index (χ2v) is 7.14. The highest BCUT2D eigenvalue weighted by atomic mass is 19.1. The second-order valence-electron chi connectivity index (χ2n) is 7.14. The van der Waals surface area contributed by atoms with Gasteiger partial charge in [-0.25, -0.2) is 8.78 Å². The third-order valence-corrected chi connectivity index (χ3v) is 4.25. The van der Waals surface area contributed by atoms with Crippen molar-refractivity contribution in [2.75, 3.05) is 13.1 Å². The van der Waals surface area contributed by atoms with Crippen molar-refractivity contribution in [3.8, 4) is 0 Å². The van der Waals surface area contributed by atoms with Gasteiger partial charge >= 0.3 is 0 Å². The maximum atomic E-state index is 13.9. The summed E-state index contributed by atoms with van der Waals surface area (Å²) in [5, 5.41) is 3.57. The largest absolute Gasteiger partial charge is 0.311 e. The average molecular weight is 296 g/mol. The van der Waals surface area contributed by atoms with Crippen molar-refractivity contribution in [3.63, 3.8) is 0 Å². The minimum absolute atomic E-state index is 0.0633. The number of hydrogen-bond donors (Lipinski definition) is 1. The SMILES string of the molecule is CC(C)CC1CN(Cc2cc(F)ccc2F)C(C)(C)CN1. The van der Waals surface area contributed by atoms with E-state index < -0.39 is 0 Å². The molecule has 1 N–H and O–H groups in total. The Morgan fingerprint density at radius 2 is 2.05 bits per heavy atom. The van der Waals surface area contributed by atoms with Gasteiger partial charge in [0.15, 0.2) is 0 Å². The molecule has 0 bridgehead atoms. The van der Waals surface area contributed by atoms with Gasteiger partial charge in [-0.1, -0.05) is 13.8 Å². The summed E-state index contributed by atoms with van der Waals surface area (Å²) >= 11 is 0. The number of hydrogen-bond acceptors (Lipinski definition) is 2. The van der Waals surface area contributed by atoms with Gasteiger partial charge in [0, 0.05) is 36.8 Å². The summed E-state index contributed by atoms with van der Waals surface area (Å²) in [7, 11) is 0. The minimum atomic E-state index is -0.377. The van der Waals surface area contributed by atoms with Crippen LogP contribution in [-0.4, -0.2) is 29.6 Å². The average Bonchev–Trinajstić information content (AvgIpc) is 2.37. The molecule has 1 saturated heterocycles. The molecule has 1 unspecified atom stereocenters. The first-order valence-electron chi connectivity index (χ1n) is 7.70. The van der Waals surface area contributed by atoms with Crippen LogP contribution in [0.4, 0.5) is 8.78 Å². The Labute approximate surface area is 126 Å². The van der Waals surface area contributed by atoms with Crippen LogP contribution in [-0.2, 0) is 6.54 Å². The highest BCUT2D eigenvalue weighted by Crippen LogP contribution is 2.24. The van der Waals surface area contributed by atoms with Crippen molar-refractivity contribution in [3.05, 3.63) is 35.4 Å². The summed E-state index contributed by atoms with van der Waals surface area (Å²) in [4.78, 5) is 2.26. The van der Waals surface area contributed by atoms with Crippen LogP contribution in [0, 0.1) is 17.6 Å². The van der Waals surface area contributed by atoms with Gasteiger partial charge in [-0.3, -0.25) is 4.90 Å². The zero-order valence-corrected chi connectivity index (χ0v) is 13.4. The topological polar surface area (TPSA) is 15.3 Å². The van der Waals surface area contributed by atoms with E-state index in [0.29, 0.717) is 24.1 Å². The fourth-order valence-corrected chi connectivity index (χ4v) is 2.96. The molecule has 1 aliphatic rings. The van der Waals surface area contributed by atoms with Gasteiger partial charge < -0.3 is 5.32 Å². The number of rotatable bonds is 4. The quantitative estimate of drug-likeness (QED) is 0.914. The zero-order chi connectivity index (χ0) is 15.6. The van der Waals surface area contributed by atoms with E-state index in [1.807, 2.05) is 0 Å². The van der Waals surface area contributed by atoms with E-state index in [1.54, 1.807) is 0 Å². The molecule has 0 aromatic heterocycles. The third kappa shape index (κ3) is 4.24. The summed E-state index contributed by atoms with van der Waals surface area (Å²) in [6.07, 6.45) is 1.10. The molecule has 0 saturated carbocycles. The number of nitrogens with one attached hydrogen (secondary N) is 1. The first-order chi connectivity index (χ1) is 9.78. The summed E-state index contributed by atoms with van der Waals surface area (Å²) < 4.78 is 27.2. The monoisotopic (exact) mass is 296 g/mol. The minimum Gasteiger partial charge on any atom is -0.311 e. The molecular weight excluding hydrogens is 270 g/mol. The van der Waals surface area contributed by atoms with Crippen molar-refractivity contribution in [2.24, 2.45) is 5.92 Å². The predicted octanol–water partition coefficient (Wildman–Crippen LogP) is 3.56. The molecule has 1 aliphatic heterocycles. The fraction of sp³-hybridized carbons (Fsp3) is 0.647. The van der Waals surface area contributed by atoms with Crippen LogP contribution in [0.3, 0.4) is 0 Å². The Kier molecular flexibility index (Phi) is 4.99. The number of piperazine rings is 1. The van der Waals surface area contributed by atoms with E-state index in [0.717, 1.165) is 19.5 Å². The summed E-state index contributed by atoms with van der Waals surface area (Å²) in [6, 6.07) is 4.11. The number of nitrogens with zero attached hydrogens (tertiary/aromatic N) is 1. The Morgan fingerprint density at radius 1 is 1.33 bits per heavy atom. The lowest BCUT2D eigenvalue weighted by molar-refractivity contribution is 0.0525. The molecule has 0 radical (unpaired) electrons. The Morgan fingerprint density at radius 3 is 2.71 bits per heavy atom. The molecule has 0 aliphatic carbocycles. The molecule has 118 valence electrons. The molecule has 21 heavy (non-hydrogen) atoms. The van der Waals surface area contributed by atoms with Crippen molar-refractivity contribution < 1.29 is 8.78 Å². The maximum Gasteiger partial charge on any atom is 0.127 e. The van der Waals surface area contributed by atoms with Crippen LogP contribution >= 0.6 is 0 Å². The molecule has 1 atom stereocenters. The zero-order valence-electron chi connectivity index (χ0n) is 13.4. The Bertz CT molecular complexity index is 486. The van der Waals surface area contributed by atoms with E-state index >= 15 is 0 Å². The maximum absolute atomic E-state index is 13.9. The predicted molar refractivity (Wildman–Crippen MR) is 82.1 cm³/mol. The molecule has 1 heterocycles. The van der Waals surface area contributed by atoms with E-state index in [9.17, 15) is 8.78 Å². The molecule has 1 fully saturated rings. The van der Waals surface area contributed by atoms with E-state index in [1.165, 1.54) is 18.2 Å². The van der Waals surface area contributed by atoms with Crippen molar-refractivity contribution in [1.82, 2.24) is 10.2 Å². The molecule has 0 amide bonds. The van der Waals surface area contributed by atoms with Gasteiger partial charge in [-0.2, -0.15) is 0 Å². The van der Waals surface area contributed by atoms with E-state index in [-0.39, 0.29) is 17.2 Å². The van der Waals surface area contributed by atoms with Gasteiger partial charge in [-0.05, 0) is 44.4 Å². The smallest absolute Gasteiger partial charge is 0.127 e. The number of benzene rings is 1. The standard InChI is InChI=1S/C17H26F2N2/c1-12(2)7-15-10-21(17(3,4)11-20-15)9-13-8-14(18)5-6-16(13)19/h5-6,8,12,15,20H,7,9-11H2,1-4H3. The van der Waals surface area contributed by atoms with Crippen LogP contribution in [0.15, 0.2) is 18.2 Å². The first kappa shape index (κ1) is 16.4. The van der Waals surface area contributed by atoms with E-state index in [2.05, 4.69) is 37.9 Å². The second kappa shape index (κ2) is 6.41. The van der Waals surface area contributed by atoms with Gasteiger partial charge in [0.2, 0.25) is 0 Å². The highest BCUT2D eigenvalue weighted by Gasteiger charge is 2.34. The molecule has 0 spiro atoms. The van der Waals surface area contributed by atoms with Gasteiger partial charge in [0.05, 0.1) is 0 Å². The van der Waals surface area contributed by atoms with Gasteiger partial charge in [0.1, 0.15) is 11.6 Å². The number of halogens is 2. The van der Waals surface area contributed by atoms with Gasteiger partial charge in [0.25, 0.3) is 0 Å². The molecule has 2 rings (SSSR count). The van der Waals surface area contributed by atoms with Crippen molar-refractivity contribution in [1.29, 1.82) is 0 Å². The van der Waals surface area contributed by atoms with E-state index in [4.69, 9.17) is 0 Å². The Balaban J connectivity index is 2.12. The van der Waals surface area contributed by atoms with Crippen LogP contribution in [0.5, 0.6) is 0 Å². The lowest BCUT2D eigenvalue weighted by Gasteiger charge is -2.46. The third-order valence-electron chi connectivity index (χ3n) is 4.25. The summed E-state index contributed by atoms with van der Waals surface area (Å²) in [5.41, 5.74) is 0.375. The highest BCUT2D eigenvalue weighted by molar-refractivity contribution is 5.19. The van der Waals surface area contributed by atoms with Crippen LogP contribution < -0.4 is 5.32 Å². The molecular formula is C17H26F2N2. The molecule has 1 aromatic rings. The molecule has 1 aromatic carbocycles. The van der Waals surface area contributed by atoms with Crippen LogP contribution in [0.2, 0.25) is 0 Å². The Hall–Kier alpha value is -1.00. The fourth-order valence-electron chi connectivity index (χ4n) is 2.96. The van der Waals surface area contributed by atoms with Crippen molar-refractivity contribution in [2.45, 2.75) is 52.2 Å². The lowest BCUT2D eigenvalue weighted by atomic mass is 9.93. The molecule has 4 heteroatoms. The normalized spacial score (nSPS) is 22.7. The lowest BCUT2D eigenvalue weighted by Crippen LogP contribution is -2.61. The summed E-state index contributed by atoms with van der Waals surface area (Å²) in [5.74, 6) is -0.0827. The van der Waals surface area contributed by atoms with Crippen LogP contribution in [0.1, 0.15) is 39.7 Å². The van der Waals surface area contributed by atoms with Gasteiger partial charge in [-0.15, -0.1) is 0 Å². The van der Waals surface area contributed by atoms with Crippen LogP contribution in [0.25, 0.3) is 0 Å².